The molecule has 0 radical (unpaired) electrons. The Hall–Kier alpha value is -2.42. The number of likely N-dealkylation sites (tertiary alicyclic amines) is 1. The van der Waals surface area contributed by atoms with Crippen LogP contribution in [-0.2, 0) is 11.2 Å². The van der Waals surface area contributed by atoms with E-state index in [1.165, 1.54) is 13.0 Å². The first-order chi connectivity index (χ1) is 17.2. The van der Waals surface area contributed by atoms with Gasteiger partial charge in [-0.2, -0.15) is 0 Å². The Morgan fingerprint density at radius 1 is 1.17 bits per heavy atom. The molecular weight excluding hydrogens is 474 g/mol. The second-order valence-corrected chi connectivity index (χ2v) is 12.2. The first kappa shape index (κ1) is 26.6. The van der Waals surface area contributed by atoms with E-state index < -0.39 is 11.2 Å². The van der Waals surface area contributed by atoms with Gasteiger partial charge in [-0.05, 0) is 97.7 Å². The van der Waals surface area contributed by atoms with Crippen molar-refractivity contribution in [2.45, 2.75) is 44.0 Å². The first-order valence-corrected chi connectivity index (χ1v) is 14.0. The Morgan fingerprint density at radius 3 is 2.58 bits per heavy atom. The van der Waals surface area contributed by atoms with Crippen molar-refractivity contribution in [1.82, 2.24) is 10.2 Å². The van der Waals surface area contributed by atoms with Crippen LogP contribution in [0.15, 0.2) is 47.4 Å². The van der Waals surface area contributed by atoms with E-state index in [4.69, 9.17) is 9.47 Å². The molecule has 8 heteroatoms. The molecule has 2 N–H and O–H groups in total. The van der Waals surface area contributed by atoms with Gasteiger partial charge in [0.2, 0.25) is 0 Å². The van der Waals surface area contributed by atoms with Crippen molar-refractivity contribution in [3.8, 4) is 11.5 Å². The predicted molar refractivity (Wildman–Crippen MR) is 144 cm³/mol. The third kappa shape index (κ3) is 6.10. The molecule has 1 aliphatic carbocycles. The minimum absolute atomic E-state index is 0.229. The van der Waals surface area contributed by atoms with Gasteiger partial charge in [-0.25, -0.2) is 4.79 Å². The average Bonchev–Trinajstić information content (AvgIpc) is 3.16. The van der Waals surface area contributed by atoms with Gasteiger partial charge in [0, 0.05) is 24.7 Å². The molecule has 1 saturated carbocycles. The molecule has 1 heterocycles. The van der Waals surface area contributed by atoms with Gasteiger partial charge in [-0.15, -0.1) is 0 Å². The fraction of sp³-hybridized carbons (Fsp3) is 0.536. The molecule has 1 aliphatic heterocycles. The number of ether oxygens (including phenoxy) is 2. The molecular formula is C28H39N3O4S. The summed E-state index contributed by atoms with van der Waals surface area (Å²) in [5.41, 5.74) is 1.92. The van der Waals surface area contributed by atoms with E-state index in [9.17, 15) is 9.35 Å². The number of benzene rings is 2. The van der Waals surface area contributed by atoms with Crippen molar-refractivity contribution >= 4 is 22.9 Å². The second kappa shape index (κ2) is 11.3. The summed E-state index contributed by atoms with van der Waals surface area (Å²) in [6, 6.07) is 12.4. The van der Waals surface area contributed by atoms with Gasteiger partial charge in [0.1, 0.15) is 5.75 Å². The van der Waals surface area contributed by atoms with Gasteiger partial charge in [-0.1, -0.05) is 13.0 Å². The maximum Gasteiger partial charge on any atom is 0.319 e. The summed E-state index contributed by atoms with van der Waals surface area (Å²) < 4.78 is 23.7. The normalized spacial score (nSPS) is 25.5. The first-order valence-electron chi connectivity index (χ1n) is 12.7. The number of nitrogens with zero attached hydrogens (tertiary/aromatic N) is 1. The summed E-state index contributed by atoms with van der Waals surface area (Å²) in [6.07, 6.45) is 3.56. The number of anilines is 1. The Balaban J connectivity index is 1.29. The number of methoxy groups -OCH3 is 2. The smallest absolute Gasteiger partial charge is 0.319 e. The van der Waals surface area contributed by atoms with Gasteiger partial charge < -0.3 is 29.6 Å². The van der Waals surface area contributed by atoms with E-state index in [2.05, 4.69) is 29.5 Å². The Morgan fingerprint density at radius 2 is 1.89 bits per heavy atom. The minimum Gasteiger partial charge on any atom is -0.611 e. The third-order valence-corrected chi connectivity index (χ3v) is 9.42. The molecule has 196 valence electrons. The molecule has 5 atom stereocenters. The van der Waals surface area contributed by atoms with Crippen LogP contribution in [0.1, 0.15) is 44.7 Å². The molecule has 0 spiro atoms. The molecule has 2 aromatic carbocycles. The van der Waals surface area contributed by atoms with Crippen LogP contribution in [0.4, 0.5) is 10.5 Å². The summed E-state index contributed by atoms with van der Waals surface area (Å²) >= 11 is -1.04. The molecule has 0 aromatic heterocycles. The highest BCUT2D eigenvalue weighted by atomic mass is 32.2. The van der Waals surface area contributed by atoms with Crippen LogP contribution in [0, 0.1) is 17.3 Å². The highest BCUT2D eigenvalue weighted by Crippen LogP contribution is 2.48. The summed E-state index contributed by atoms with van der Waals surface area (Å²) in [6.45, 7) is 6.66. The molecule has 2 amide bonds. The number of amides is 2. The van der Waals surface area contributed by atoms with Crippen LogP contribution in [0.2, 0.25) is 0 Å². The predicted octanol–water partition coefficient (Wildman–Crippen LogP) is 5.06. The fourth-order valence-electron chi connectivity index (χ4n) is 5.99. The maximum absolute atomic E-state index is 13.1. The molecule has 2 aliphatic rings. The summed E-state index contributed by atoms with van der Waals surface area (Å²) in [4.78, 5) is 15.8. The van der Waals surface area contributed by atoms with Crippen molar-refractivity contribution in [3.63, 3.8) is 0 Å². The molecule has 0 bridgehead atoms. The summed E-state index contributed by atoms with van der Waals surface area (Å²) in [5, 5.41) is 5.81. The summed E-state index contributed by atoms with van der Waals surface area (Å²) in [7, 11) is 5.39. The highest BCUT2D eigenvalue weighted by Gasteiger charge is 2.46. The lowest BCUT2D eigenvalue weighted by atomic mass is 9.66. The molecule has 2 aromatic rings. The van der Waals surface area contributed by atoms with Crippen molar-refractivity contribution in [3.05, 3.63) is 48.0 Å². The second-order valence-electron chi connectivity index (χ2n) is 10.7. The molecule has 1 saturated heterocycles. The van der Waals surface area contributed by atoms with Gasteiger partial charge in [0.05, 0.1) is 20.3 Å². The van der Waals surface area contributed by atoms with Gasteiger partial charge in [-0.3, -0.25) is 0 Å². The number of rotatable bonds is 8. The van der Waals surface area contributed by atoms with E-state index >= 15 is 0 Å². The number of fused-ring (bicyclic) bond motifs is 1. The molecule has 4 rings (SSSR count). The van der Waals surface area contributed by atoms with Crippen molar-refractivity contribution < 1.29 is 18.8 Å². The number of urea groups is 1. The molecule has 2 fully saturated rings. The molecule has 5 unspecified atom stereocenters. The van der Waals surface area contributed by atoms with E-state index in [0.29, 0.717) is 34.3 Å². The number of hydrogen-bond acceptors (Lipinski definition) is 5. The Kier molecular flexibility index (Phi) is 8.37. The summed E-state index contributed by atoms with van der Waals surface area (Å²) in [5.74, 6) is 3.24. The number of carbonyl (C=O) groups excluding carboxylic acids is 1. The number of nitrogens with one attached hydrogen (secondary N) is 2. The number of carbonyl (C=O) groups is 1. The minimum atomic E-state index is -1.04. The fourth-order valence-corrected chi connectivity index (χ4v) is 7.33. The quantitative estimate of drug-likeness (QED) is 0.482. The van der Waals surface area contributed by atoms with Crippen LogP contribution in [0.3, 0.4) is 0 Å². The Bertz CT molecular complexity index is 1050. The zero-order valence-electron chi connectivity index (χ0n) is 22.0. The zero-order valence-corrected chi connectivity index (χ0v) is 22.8. The van der Waals surface area contributed by atoms with Gasteiger partial charge in [0.25, 0.3) is 0 Å². The lowest BCUT2D eigenvalue weighted by molar-refractivity contribution is 0.132. The van der Waals surface area contributed by atoms with Crippen LogP contribution in [0.25, 0.3) is 0 Å². The average molecular weight is 514 g/mol. The number of hydrogen-bond donors (Lipinski definition) is 2. The monoisotopic (exact) mass is 513 g/mol. The SMILES string of the molecule is COc1ccc(C(C)NC(=O)Nc2ccc([S+]([O-])CC3CCC4CN(C)CC4(C)C3)cc2)cc1OC. The largest absolute Gasteiger partial charge is 0.611 e. The highest BCUT2D eigenvalue weighted by molar-refractivity contribution is 7.91. The third-order valence-electron chi connectivity index (χ3n) is 7.84. The van der Waals surface area contributed by atoms with E-state index in [-0.39, 0.29) is 12.1 Å². The van der Waals surface area contributed by atoms with E-state index in [1.54, 1.807) is 14.2 Å². The van der Waals surface area contributed by atoms with E-state index in [1.807, 2.05) is 49.4 Å². The van der Waals surface area contributed by atoms with Crippen molar-refractivity contribution in [2.24, 2.45) is 17.3 Å². The van der Waals surface area contributed by atoms with Crippen LogP contribution >= 0.6 is 0 Å². The van der Waals surface area contributed by atoms with Gasteiger partial charge >= 0.3 is 6.03 Å². The van der Waals surface area contributed by atoms with E-state index in [0.717, 1.165) is 35.8 Å². The van der Waals surface area contributed by atoms with Crippen LogP contribution in [-0.4, -0.2) is 55.6 Å². The topological polar surface area (TPSA) is 85.9 Å². The molecule has 36 heavy (non-hydrogen) atoms. The zero-order chi connectivity index (χ0) is 25.9. The van der Waals surface area contributed by atoms with Crippen molar-refractivity contribution in [1.29, 1.82) is 0 Å². The lowest BCUT2D eigenvalue weighted by Gasteiger charge is -2.39. The molecule has 7 nitrogen and oxygen atoms in total. The van der Waals surface area contributed by atoms with Gasteiger partial charge in [0.15, 0.2) is 16.4 Å². The standard InChI is InChI=1S/C28H39N3O4S/c1-19(21-7-13-25(34-4)26(14-21)35-5)29-27(32)30-23-9-11-24(12-10-23)36(33)17-20-6-8-22-16-31(3)18-28(22,2)15-20/h7,9-14,19-20,22H,6,8,15-18H2,1-5H3,(H2,29,30,32). The van der Waals surface area contributed by atoms with Crippen molar-refractivity contribution in [2.75, 3.05) is 45.4 Å². The Labute approximate surface area is 218 Å². The lowest BCUT2D eigenvalue weighted by Crippen LogP contribution is -2.36. The maximum atomic E-state index is 13.1. The van der Waals surface area contributed by atoms with Crippen LogP contribution < -0.4 is 20.1 Å². The van der Waals surface area contributed by atoms with Crippen LogP contribution in [0.5, 0.6) is 11.5 Å².